The van der Waals surface area contributed by atoms with Crippen molar-refractivity contribution in [3.05, 3.63) is 29.8 Å². The number of amides is 1. The Balaban J connectivity index is 2.04. The van der Waals surface area contributed by atoms with Crippen molar-refractivity contribution in [3.63, 3.8) is 0 Å². The predicted octanol–water partition coefficient (Wildman–Crippen LogP) is 2.42. The van der Waals surface area contributed by atoms with Gasteiger partial charge in [-0.05, 0) is 38.3 Å². The number of ether oxygens (including phenoxy) is 1. The van der Waals surface area contributed by atoms with Gasteiger partial charge in [-0.2, -0.15) is 0 Å². The summed E-state index contributed by atoms with van der Waals surface area (Å²) < 4.78 is 5.63. The molecule has 116 valence electrons. The van der Waals surface area contributed by atoms with Crippen LogP contribution in [0.5, 0.6) is 5.75 Å². The van der Waals surface area contributed by atoms with Gasteiger partial charge in [-0.1, -0.05) is 24.6 Å². The molecule has 0 bridgehead atoms. The smallest absolute Gasteiger partial charge is 0.226 e. The van der Waals surface area contributed by atoms with Crippen LogP contribution in [0.1, 0.15) is 31.7 Å². The van der Waals surface area contributed by atoms with Gasteiger partial charge in [0.05, 0.1) is 6.61 Å². The van der Waals surface area contributed by atoms with E-state index in [4.69, 9.17) is 10.5 Å². The summed E-state index contributed by atoms with van der Waals surface area (Å²) in [6.45, 7) is 3.80. The van der Waals surface area contributed by atoms with E-state index in [1.54, 1.807) is 0 Å². The van der Waals surface area contributed by atoms with Gasteiger partial charge in [-0.3, -0.25) is 4.79 Å². The molecule has 1 aromatic carbocycles. The molecule has 1 saturated carbocycles. The van der Waals surface area contributed by atoms with Gasteiger partial charge in [0.15, 0.2) is 0 Å². The van der Waals surface area contributed by atoms with Crippen molar-refractivity contribution in [1.29, 1.82) is 0 Å². The molecule has 1 amide bonds. The zero-order chi connectivity index (χ0) is 15.2. The molecule has 0 radical (unpaired) electrons. The maximum absolute atomic E-state index is 12.6. The molecule has 0 saturated heterocycles. The lowest BCUT2D eigenvalue weighted by Crippen LogP contribution is -2.36. The molecular formula is C17H26N2O2. The van der Waals surface area contributed by atoms with E-state index in [1.807, 2.05) is 43.1 Å². The summed E-state index contributed by atoms with van der Waals surface area (Å²) in [6, 6.07) is 7.91. The van der Waals surface area contributed by atoms with Crippen molar-refractivity contribution >= 4 is 5.91 Å². The molecule has 1 fully saturated rings. The van der Waals surface area contributed by atoms with Crippen molar-refractivity contribution in [3.8, 4) is 5.75 Å². The fraction of sp³-hybridized carbons (Fsp3) is 0.588. The van der Waals surface area contributed by atoms with Crippen LogP contribution in [-0.4, -0.2) is 31.0 Å². The number of para-hydroxylation sites is 1. The highest BCUT2D eigenvalue weighted by atomic mass is 16.5. The van der Waals surface area contributed by atoms with E-state index in [1.165, 1.54) is 0 Å². The van der Waals surface area contributed by atoms with Crippen LogP contribution in [0.2, 0.25) is 0 Å². The van der Waals surface area contributed by atoms with E-state index >= 15 is 0 Å². The summed E-state index contributed by atoms with van der Waals surface area (Å²) in [5.41, 5.74) is 6.84. The molecule has 0 spiro atoms. The second-order valence-electron chi connectivity index (χ2n) is 5.77. The topological polar surface area (TPSA) is 55.6 Å². The quantitative estimate of drug-likeness (QED) is 0.875. The number of carbonyl (C=O) groups excluding carboxylic acids is 1. The lowest BCUT2D eigenvalue weighted by atomic mass is 9.94. The average molecular weight is 290 g/mol. The van der Waals surface area contributed by atoms with Gasteiger partial charge >= 0.3 is 0 Å². The molecular weight excluding hydrogens is 264 g/mol. The van der Waals surface area contributed by atoms with Crippen molar-refractivity contribution in [2.24, 2.45) is 17.6 Å². The first-order chi connectivity index (χ1) is 10.2. The van der Waals surface area contributed by atoms with Crippen molar-refractivity contribution in [2.75, 3.05) is 20.2 Å². The van der Waals surface area contributed by atoms with Crippen molar-refractivity contribution < 1.29 is 9.53 Å². The predicted molar refractivity (Wildman–Crippen MR) is 84.0 cm³/mol. The van der Waals surface area contributed by atoms with E-state index in [9.17, 15) is 4.79 Å². The molecule has 1 aliphatic carbocycles. The van der Waals surface area contributed by atoms with Crippen molar-refractivity contribution in [1.82, 2.24) is 4.90 Å². The van der Waals surface area contributed by atoms with Gasteiger partial charge in [-0.25, -0.2) is 0 Å². The Hall–Kier alpha value is -1.55. The number of hydrogen-bond donors (Lipinski definition) is 1. The van der Waals surface area contributed by atoms with E-state index in [-0.39, 0.29) is 11.8 Å². The van der Waals surface area contributed by atoms with E-state index < -0.39 is 0 Å². The van der Waals surface area contributed by atoms with Gasteiger partial charge in [0, 0.05) is 25.1 Å². The summed E-state index contributed by atoms with van der Waals surface area (Å²) >= 11 is 0. The Labute approximate surface area is 127 Å². The Morgan fingerprint density at radius 2 is 2.14 bits per heavy atom. The molecule has 2 N–H and O–H groups in total. The molecule has 4 heteroatoms. The Kier molecular flexibility index (Phi) is 5.62. The fourth-order valence-corrected chi connectivity index (χ4v) is 3.19. The minimum absolute atomic E-state index is 0.0965. The molecule has 0 unspecified atom stereocenters. The molecule has 0 aromatic heterocycles. The van der Waals surface area contributed by atoms with Crippen LogP contribution in [0, 0.1) is 11.8 Å². The summed E-state index contributed by atoms with van der Waals surface area (Å²) in [6.07, 6.45) is 3.16. The highest BCUT2D eigenvalue weighted by Gasteiger charge is 2.33. The summed E-state index contributed by atoms with van der Waals surface area (Å²) in [7, 11) is 1.87. The molecule has 0 aliphatic heterocycles. The largest absolute Gasteiger partial charge is 0.494 e. The van der Waals surface area contributed by atoms with Crippen LogP contribution in [0.25, 0.3) is 0 Å². The zero-order valence-corrected chi connectivity index (χ0v) is 13.0. The lowest BCUT2D eigenvalue weighted by Gasteiger charge is -2.25. The number of nitrogens with zero attached hydrogens (tertiary/aromatic N) is 1. The van der Waals surface area contributed by atoms with Gasteiger partial charge < -0.3 is 15.4 Å². The van der Waals surface area contributed by atoms with E-state index in [0.29, 0.717) is 25.6 Å². The highest BCUT2D eigenvalue weighted by Crippen LogP contribution is 2.32. The first-order valence-corrected chi connectivity index (χ1v) is 7.83. The molecule has 1 aromatic rings. The third kappa shape index (κ3) is 3.76. The third-order valence-electron chi connectivity index (χ3n) is 4.34. The molecule has 2 atom stereocenters. The number of nitrogens with two attached hydrogens (primary N) is 1. The number of carbonyl (C=O) groups is 1. The average Bonchev–Trinajstić information content (AvgIpc) is 2.97. The summed E-state index contributed by atoms with van der Waals surface area (Å²) in [5, 5.41) is 0. The highest BCUT2D eigenvalue weighted by molar-refractivity contribution is 5.79. The van der Waals surface area contributed by atoms with Gasteiger partial charge in [0.1, 0.15) is 5.75 Å². The second-order valence-corrected chi connectivity index (χ2v) is 5.77. The van der Waals surface area contributed by atoms with Crippen LogP contribution in [-0.2, 0) is 11.3 Å². The van der Waals surface area contributed by atoms with Crippen LogP contribution in [0.3, 0.4) is 0 Å². The fourth-order valence-electron chi connectivity index (χ4n) is 3.19. The number of hydrogen-bond acceptors (Lipinski definition) is 3. The molecule has 0 heterocycles. The molecule has 1 aliphatic rings. The second kappa shape index (κ2) is 7.46. The first-order valence-electron chi connectivity index (χ1n) is 7.83. The summed E-state index contributed by atoms with van der Waals surface area (Å²) in [5.74, 6) is 1.53. The standard InChI is InChI=1S/C17H26N2O2/c1-3-21-16-10-5-4-7-14(16)12-19(2)17(20)15-9-6-8-13(15)11-18/h4-5,7,10,13,15H,3,6,8-9,11-12,18H2,1-2H3/t13-,15-/m1/s1. The SMILES string of the molecule is CCOc1ccccc1CN(C)C(=O)[C@@H]1CCC[C@@H]1CN. The van der Waals surface area contributed by atoms with Gasteiger partial charge in [0.2, 0.25) is 5.91 Å². The monoisotopic (exact) mass is 290 g/mol. The van der Waals surface area contributed by atoms with E-state index in [2.05, 4.69) is 0 Å². The molecule has 2 rings (SSSR count). The maximum Gasteiger partial charge on any atom is 0.226 e. The zero-order valence-electron chi connectivity index (χ0n) is 13.0. The first kappa shape index (κ1) is 15.8. The molecule has 4 nitrogen and oxygen atoms in total. The Bertz CT molecular complexity index is 476. The lowest BCUT2D eigenvalue weighted by molar-refractivity contribution is -0.135. The van der Waals surface area contributed by atoms with Crippen molar-refractivity contribution in [2.45, 2.75) is 32.7 Å². The third-order valence-corrected chi connectivity index (χ3v) is 4.34. The number of benzene rings is 1. The molecule has 21 heavy (non-hydrogen) atoms. The normalized spacial score (nSPS) is 21.3. The van der Waals surface area contributed by atoms with Crippen LogP contribution in [0.15, 0.2) is 24.3 Å². The minimum Gasteiger partial charge on any atom is -0.494 e. The van der Waals surface area contributed by atoms with E-state index in [0.717, 1.165) is 30.6 Å². The van der Waals surface area contributed by atoms with Crippen LogP contribution >= 0.6 is 0 Å². The minimum atomic E-state index is 0.0965. The van der Waals surface area contributed by atoms with Gasteiger partial charge in [-0.15, -0.1) is 0 Å². The van der Waals surface area contributed by atoms with Crippen LogP contribution in [0.4, 0.5) is 0 Å². The van der Waals surface area contributed by atoms with Crippen LogP contribution < -0.4 is 10.5 Å². The maximum atomic E-state index is 12.6. The summed E-state index contributed by atoms with van der Waals surface area (Å²) in [4.78, 5) is 14.4. The Morgan fingerprint density at radius 3 is 2.86 bits per heavy atom. The number of rotatable bonds is 6. The Morgan fingerprint density at radius 1 is 1.38 bits per heavy atom. The van der Waals surface area contributed by atoms with Gasteiger partial charge in [0.25, 0.3) is 0 Å².